The average Bonchev–Trinajstić information content (AvgIpc) is 2.66. The van der Waals surface area contributed by atoms with Crippen LogP contribution in [0.2, 0.25) is 0 Å². The largest absolute Gasteiger partial charge is 0.347 e. The van der Waals surface area contributed by atoms with Crippen molar-refractivity contribution in [3.63, 3.8) is 0 Å². The molecule has 1 saturated carbocycles. The number of benzene rings is 1. The van der Waals surface area contributed by atoms with Crippen LogP contribution < -0.4 is 4.90 Å². The molecule has 0 saturated heterocycles. The van der Waals surface area contributed by atoms with E-state index in [1.54, 1.807) is 6.08 Å². The number of nitrogens with zero attached hydrogens (tertiary/aromatic N) is 1. The first-order chi connectivity index (χ1) is 11.1. The molecule has 0 radical (unpaired) electrons. The Kier molecular flexibility index (Phi) is 3.78. The Balaban J connectivity index is 1.98. The van der Waals surface area contributed by atoms with Crippen molar-refractivity contribution >= 4 is 17.3 Å². The van der Waals surface area contributed by atoms with E-state index in [4.69, 9.17) is 0 Å². The van der Waals surface area contributed by atoms with Gasteiger partial charge in [-0.3, -0.25) is 9.59 Å². The van der Waals surface area contributed by atoms with Crippen LogP contribution in [-0.2, 0) is 15.0 Å². The molecule has 0 aromatic heterocycles. The summed E-state index contributed by atoms with van der Waals surface area (Å²) in [6, 6.07) is 8.32. The Labute approximate surface area is 144 Å². The van der Waals surface area contributed by atoms with Crippen molar-refractivity contribution in [3.8, 4) is 0 Å². The van der Waals surface area contributed by atoms with Crippen LogP contribution in [0.15, 0.2) is 47.7 Å². The zero-order valence-corrected chi connectivity index (χ0v) is 15.1. The summed E-state index contributed by atoms with van der Waals surface area (Å²) in [6.45, 7) is 8.30. The molecular weight excluding hydrogens is 298 g/mol. The molecule has 3 nitrogen and oxygen atoms in total. The topological polar surface area (TPSA) is 37.4 Å². The summed E-state index contributed by atoms with van der Waals surface area (Å²) >= 11 is 0. The van der Waals surface area contributed by atoms with Crippen LogP contribution in [0, 0.1) is 5.41 Å². The molecule has 0 atom stereocenters. The molecule has 3 heteroatoms. The molecule has 0 unspecified atom stereocenters. The lowest BCUT2D eigenvalue weighted by Crippen LogP contribution is -2.31. The number of hydrogen-bond acceptors (Lipinski definition) is 3. The van der Waals surface area contributed by atoms with Gasteiger partial charge in [0, 0.05) is 36.7 Å². The van der Waals surface area contributed by atoms with Crippen LogP contribution in [0.3, 0.4) is 0 Å². The molecule has 0 bridgehead atoms. The predicted octanol–water partition coefficient (Wildman–Crippen LogP) is 4.18. The van der Waals surface area contributed by atoms with E-state index in [1.165, 1.54) is 11.3 Å². The number of carbonyl (C=O) groups excluding carboxylic acids is 2. The number of fused-ring (bicyclic) bond motifs is 1. The van der Waals surface area contributed by atoms with Crippen molar-refractivity contribution in [1.82, 2.24) is 0 Å². The van der Waals surface area contributed by atoms with Crippen molar-refractivity contribution in [3.05, 3.63) is 53.3 Å². The lowest BCUT2D eigenvalue weighted by Gasteiger charge is -2.28. The second-order valence-corrected chi connectivity index (χ2v) is 8.20. The van der Waals surface area contributed by atoms with Gasteiger partial charge in [-0.2, -0.15) is 0 Å². The van der Waals surface area contributed by atoms with Crippen LogP contribution in [0.4, 0.5) is 5.69 Å². The lowest BCUT2D eigenvalue weighted by molar-refractivity contribution is -0.127. The maximum atomic E-state index is 12.4. The van der Waals surface area contributed by atoms with Crippen LogP contribution in [0.25, 0.3) is 0 Å². The Morgan fingerprint density at radius 2 is 1.54 bits per heavy atom. The molecule has 0 N–H and O–H groups in total. The molecular formula is C21H25NO2. The second kappa shape index (κ2) is 5.44. The molecule has 0 spiro atoms. The van der Waals surface area contributed by atoms with E-state index >= 15 is 0 Å². The summed E-state index contributed by atoms with van der Waals surface area (Å²) in [5.74, 6) is -0.0758. The fraction of sp³-hybridized carbons (Fsp3) is 0.429. The standard InChI is InChI=1S/C21H25NO2/c1-20(2)12-17(23)14(18(24)13-20)10-11-19-21(3,4)15-8-6-7-9-16(15)22(19)5/h6-11H,12-13H2,1-5H3/b19-11-. The van der Waals surface area contributed by atoms with Crippen molar-refractivity contribution in [2.24, 2.45) is 5.41 Å². The normalized spacial score (nSPS) is 23.6. The molecule has 1 aliphatic heterocycles. The van der Waals surface area contributed by atoms with Crippen molar-refractivity contribution in [2.75, 3.05) is 11.9 Å². The van der Waals surface area contributed by atoms with E-state index in [-0.39, 0.29) is 22.4 Å². The Hall–Kier alpha value is -2.16. The predicted molar refractivity (Wildman–Crippen MR) is 97.1 cm³/mol. The van der Waals surface area contributed by atoms with Gasteiger partial charge in [-0.1, -0.05) is 45.9 Å². The van der Waals surface area contributed by atoms with E-state index in [1.807, 2.05) is 39.1 Å². The SMILES string of the molecule is CN1/C(=C\C=C2C(=O)CC(C)(C)CC2=O)C(C)(C)c2ccccc21. The zero-order chi connectivity index (χ0) is 17.7. The van der Waals surface area contributed by atoms with E-state index in [9.17, 15) is 9.59 Å². The first-order valence-corrected chi connectivity index (χ1v) is 8.45. The second-order valence-electron chi connectivity index (χ2n) is 8.20. The highest BCUT2D eigenvalue weighted by atomic mass is 16.1. The minimum absolute atomic E-state index is 0.0379. The van der Waals surface area contributed by atoms with Gasteiger partial charge < -0.3 is 4.90 Å². The van der Waals surface area contributed by atoms with Crippen LogP contribution in [-0.4, -0.2) is 18.6 Å². The number of anilines is 1. The highest BCUT2D eigenvalue weighted by Gasteiger charge is 2.38. The first-order valence-electron chi connectivity index (χ1n) is 8.45. The van der Waals surface area contributed by atoms with Crippen LogP contribution in [0.5, 0.6) is 0 Å². The fourth-order valence-corrected chi connectivity index (χ4v) is 3.93. The number of para-hydroxylation sites is 1. The van der Waals surface area contributed by atoms with Gasteiger partial charge in [0.15, 0.2) is 11.6 Å². The van der Waals surface area contributed by atoms with Gasteiger partial charge >= 0.3 is 0 Å². The summed E-state index contributed by atoms with van der Waals surface area (Å²) < 4.78 is 0. The lowest BCUT2D eigenvalue weighted by atomic mass is 9.74. The molecule has 1 heterocycles. The Morgan fingerprint density at radius 1 is 0.958 bits per heavy atom. The maximum Gasteiger partial charge on any atom is 0.166 e. The van der Waals surface area contributed by atoms with Gasteiger partial charge in [-0.15, -0.1) is 0 Å². The third-order valence-electron chi connectivity index (χ3n) is 5.23. The van der Waals surface area contributed by atoms with Crippen LogP contribution >= 0.6 is 0 Å². The molecule has 126 valence electrons. The number of Topliss-reactive ketones (excluding diaryl/α,β-unsaturated/α-hetero) is 2. The molecule has 1 aromatic rings. The third-order valence-corrected chi connectivity index (χ3v) is 5.23. The van der Waals surface area contributed by atoms with Gasteiger partial charge in [0.1, 0.15) is 0 Å². The molecule has 1 fully saturated rings. The van der Waals surface area contributed by atoms with Gasteiger partial charge in [0.05, 0.1) is 5.57 Å². The molecule has 24 heavy (non-hydrogen) atoms. The van der Waals surface area contributed by atoms with E-state index in [0.29, 0.717) is 18.4 Å². The van der Waals surface area contributed by atoms with Gasteiger partial charge in [-0.25, -0.2) is 0 Å². The average molecular weight is 323 g/mol. The minimum Gasteiger partial charge on any atom is -0.347 e. The zero-order valence-electron chi connectivity index (χ0n) is 15.1. The van der Waals surface area contributed by atoms with Gasteiger partial charge in [0.2, 0.25) is 0 Å². The number of hydrogen-bond donors (Lipinski definition) is 0. The Morgan fingerprint density at radius 3 is 2.12 bits per heavy atom. The van der Waals surface area contributed by atoms with Crippen LogP contribution in [0.1, 0.15) is 46.1 Å². The number of carbonyl (C=O) groups is 2. The summed E-state index contributed by atoms with van der Waals surface area (Å²) in [6.07, 6.45) is 4.56. The highest BCUT2D eigenvalue weighted by molar-refractivity contribution is 6.22. The molecule has 0 amide bonds. The van der Waals surface area contributed by atoms with E-state index in [0.717, 1.165) is 5.70 Å². The monoisotopic (exact) mass is 323 g/mol. The van der Waals surface area contributed by atoms with Crippen molar-refractivity contribution < 1.29 is 9.59 Å². The van der Waals surface area contributed by atoms with Crippen molar-refractivity contribution in [1.29, 1.82) is 0 Å². The maximum absolute atomic E-state index is 12.4. The molecule has 3 rings (SSSR count). The smallest absolute Gasteiger partial charge is 0.166 e. The summed E-state index contributed by atoms with van der Waals surface area (Å²) in [5, 5.41) is 0. The number of rotatable bonds is 1. The highest BCUT2D eigenvalue weighted by Crippen LogP contribution is 2.46. The number of ketones is 2. The van der Waals surface area contributed by atoms with Gasteiger partial charge in [0.25, 0.3) is 0 Å². The first kappa shape index (κ1) is 16.7. The number of likely N-dealkylation sites (N-methyl/N-ethyl adjacent to an activating group) is 1. The van der Waals surface area contributed by atoms with Gasteiger partial charge in [-0.05, 0) is 29.2 Å². The van der Waals surface area contributed by atoms with E-state index in [2.05, 4.69) is 30.9 Å². The summed E-state index contributed by atoms with van der Waals surface area (Å²) in [5.41, 5.74) is 3.51. The number of allylic oxidation sites excluding steroid dienone is 4. The molecule has 1 aliphatic carbocycles. The molecule has 2 aliphatic rings. The quantitative estimate of drug-likeness (QED) is 0.574. The summed E-state index contributed by atoms with van der Waals surface area (Å²) in [4.78, 5) is 26.9. The fourth-order valence-electron chi connectivity index (χ4n) is 3.93. The minimum atomic E-state index is -0.224. The summed E-state index contributed by atoms with van der Waals surface area (Å²) in [7, 11) is 2.03. The van der Waals surface area contributed by atoms with E-state index < -0.39 is 0 Å². The molecule has 1 aromatic carbocycles. The Bertz CT molecular complexity index is 759. The third kappa shape index (κ3) is 2.62. The van der Waals surface area contributed by atoms with Crippen molar-refractivity contribution in [2.45, 2.75) is 46.0 Å².